The normalized spacial score (nSPS) is 16.2. The molecule has 0 atom stereocenters. The standard InChI is InChI=1S/C15H20N2O2S/c16-12-4-5-13-8-10-14(11-9-13)17-20(18,19)15-6-2-1-3-7-15/h8-11,15,17H,1-3,6-7,12,16H2. The van der Waals surface area contributed by atoms with Gasteiger partial charge in [-0.3, -0.25) is 4.72 Å². The van der Waals surface area contributed by atoms with E-state index in [9.17, 15) is 8.42 Å². The van der Waals surface area contributed by atoms with Gasteiger partial charge in [-0.2, -0.15) is 0 Å². The van der Waals surface area contributed by atoms with Gasteiger partial charge in [-0.1, -0.05) is 31.1 Å². The SMILES string of the molecule is NCC#Cc1ccc(NS(=O)(=O)C2CCCCC2)cc1. The number of sulfonamides is 1. The fourth-order valence-electron chi connectivity index (χ4n) is 2.40. The zero-order valence-electron chi connectivity index (χ0n) is 11.4. The zero-order chi connectivity index (χ0) is 14.4. The Morgan fingerprint density at radius 3 is 2.40 bits per heavy atom. The summed E-state index contributed by atoms with van der Waals surface area (Å²) in [5, 5.41) is -0.257. The molecule has 3 N–H and O–H groups in total. The van der Waals surface area contributed by atoms with Crippen molar-refractivity contribution < 1.29 is 8.42 Å². The van der Waals surface area contributed by atoms with E-state index < -0.39 is 10.0 Å². The zero-order valence-corrected chi connectivity index (χ0v) is 12.2. The number of benzene rings is 1. The molecule has 0 spiro atoms. The second-order valence-electron chi connectivity index (χ2n) is 4.99. The Morgan fingerprint density at radius 2 is 1.80 bits per heavy atom. The van der Waals surface area contributed by atoms with E-state index in [1.165, 1.54) is 0 Å². The van der Waals surface area contributed by atoms with Crippen LogP contribution in [0.15, 0.2) is 24.3 Å². The molecule has 108 valence electrons. The van der Waals surface area contributed by atoms with Crippen LogP contribution in [0.25, 0.3) is 0 Å². The molecule has 0 saturated heterocycles. The predicted octanol–water partition coefficient (Wildman–Crippen LogP) is 2.07. The Bertz CT molecular complexity index is 591. The molecule has 1 fully saturated rings. The minimum absolute atomic E-state index is 0.257. The van der Waals surface area contributed by atoms with Gasteiger partial charge >= 0.3 is 0 Å². The van der Waals surface area contributed by atoms with Crippen molar-refractivity contribution in [1.29, 1.82) is 0 Å². The van der Waals surface area contributed by atoms with E-state index in [0.717, 1.165) is 37.7 Å². The minimum atomic E-state index is -3.27. The smallest absolute Gasteiger partial charge is 0.235 e. The van der Waals surface area contributed by atoms with Crippen LogP contribution in [0.1, 0.15) is 37.7 Å². The van der Waals surface area contributed by atoms with Crippen LogP contribution >= 0.6 is 0 Å². The summed E-state index contributed by atoms with van der Waals surface area (Å²) in [5.74, 6) is 5.67. The lowest BCUT2D eigenvalue weighted by molar-refractivity contribution is 0.486. The molecule has 5 heteroatoms. The van der Waals surface area contributed by atoms with Crippen LogP contribution in [0.5, 0.6) is 0 Å². The Balaban J connectivity index is 2.05. The largest absolute Gasteiger partial charge is 0.320 e. The van der Waals surface area contributed by atoms with Crippen LogP contribution in [0.3, 0.4) is 0 Å². The van der Waals surface area contributed by atoms with Crippen molar-refractivity contribution >= 4 is 15.7 Å². The molecule has 4 nitrogen and oxygen atoms in total. The van der Waals surface area contributed by atoms with Gasteiger partial charge in [0, 0.05) is 11.3 Å². The van der Waals surface area contributed by atoms with Crippen molar-refractivity contribution in [2.45, 2.75) is 37.4 Å². The first-order valence-electron chi connectivity index (χ1n) is 6.92. The van der Waals surface area contributed by atoms with E-state index in [4.69, 9.17) is 5.73 Å². The molecule has 1 aromatic rings. The van der Waals surface area contributed by atoms with Crippen LogP contribution in [0.2, 0.25) is 0 Å². The quantitative estimate of drug-likeness (QED) is 0.838. The maximum atomic E-state index is 12.3. The lowest BCUT2D eigenvalue weighted by Gasteiger charge is -2.22. The topological polar surface area (TPSA) is 72.2 Å². The average Bonchev–Trinajstić information content (AvgIpc) is 2.47. The van der Waals surface area contributed by atoms with Gasteiger partial charge in [-0.25, -0.2) is 8.42 Å². The third-order valence-corrected chi connectivity index (χ3v) is 5.34. The lowest BCUT2D eigenvalue weighted by atomic mass is 10.0. The molecule has 0 heterocycles. The van der Waals surface area contributed by atoms with Crippen molar-refractivity contribution in [2.75, 3.05) is 11.3 Å². The maximum absolute atomic E-state index is 12.3. The summed E-state index contributed by atoms with van der Waals surface area (Å²) in [6, 6.07) is 7.06. The Labute approximate surface area is 120 Å². The Morgan fingerprint density at radius 1 is 1.15 bits per heavy atom. The molecule has 2 rings (SSSR count). The molecule has 0 aromatic heterocycles. The Kier molecular flexibility index (Phi) is 5.05. The second-order valence-corrected chi connectivity index (χ2v) is 6.95. The van der Waals surface area contributed by atoms with Crippen molar-refractivity contribution in [3.05, 3.63) is 29.8 Å². The van der Waals surface area contributed by atoms with E-state index in [0.29, 0.717) is 12.2 Å². The molecule has 20 heavy (non-hydrogen) atoms. The summed E-state index contributed by atoms with van der Waals surface area (Å²) in [6.07, 6.45) is 4.66. The fourth-order valence-corrected chi connectivity index (χ4v) is 3.98. The number of anilines is 1. The fraction of sp³-hybridized carbons (Fsp3) is 0.467. The first-order chi connectivity index (χ1) is 9.62. The second kappa shape index (κ2) is 6.78. The monoisotopic (exact) mass is 292 g/mol. The van der Waals surface area contributed by atoms with E-state index in [2.05, 4.69) is 16.6 Å². The summed E-state index contributed by atoms with van der Waals surface area (Å²) in [6.45, 7) is 0.316. The molecule has 0 radical (unpaired) electrons. The lowest BCUT2D eigenvalue weighted by Crippen LogP contribution is -2.29. The molecular formula is C15H20N2O2S. The molecule has 0 aliphatic heterocycles. The van der Waals surface area contributed by atoms with Crippen LogP contribution < -0.4 is 10.5 Å². The van der Waals surface area contributed by atoms with Crippen molar-refractivity contribution in [3.8, 4) is 11.8 Å². The van der Waals surface area contributed by atoms with Crippen molar-refractivity contribution in [3.63, 3.8) is 0 Å². The van der Waals surface area contributed by atoms with Gasteiger partial charge in [0.2, 0.25) is 10.0 Å². The molecule has 1 saturated carbocycles. The van der Waals surface area contributed by atoms with Gasteiger partial charge < -0.3 is 5.73 Å². The number of hydrogen-bond donors (Lipinski definition) is 2. The van der Waals surface area contributed by atoms with Crippen LogP contribution in [-0.4, -0.2) is 20.2 Å². The number of nitrogens with two attached hydrogens (primary N) is 1. The number of rotatable bonds is 3. The highest BCUT2D eigenvalue weighted by atomic mass is 32.2. The Hall–Kier alpha value is -1.51. The molecule has 1 aliphatic carbocycles. The summed E-state index contributed by atoms with van der Waals surface area (Å²) in [5.41, 5.74) is 6.73. The van der Waals surface area contributed by atoms with Gasteiger partial charge in [-0.05, 0) is 37.1 Å². The minimum Gasteiger partial charge on any atom is -0.320 e. The predicted molar refractivity (Wildman–Crippen MR) is 81.8 cm³/mol. The van der Waals surface area contributed by atoms with Crippen molar-refractivity contribution in [1.82, 2.24) is 0 Å². The van der Waals surface area contributed by atoms with Gasteiger partial charge in [0.05, 0.1) is 11.8 Å². The first-order valence-corrected chi connectivity index (χ1v) is 8.47. The maximum Gasteiger partial charge on any atom is 0.235 e. The van der Waals surface area contributed by atoms with Gasteiger partial charge in [0.25, 0.3) is 0 Å². The third kappa shape index (κ3) is 3.99. The number of hydrogen-bond acceptors (Lipinski definition) is 3. The molecular weight excluding hydrogens is 272 g/mol. The van der Waals surface area contributed by atoms with Gasteiger partial charge in [0.15, 0.2) is 0 Å². The molecule has 1 aromatic carbocycles. The summed E-state index contributed by atoms with van der Waals surface area (Å²) in [4.78, 5) is 0. The van der Waals surface area contributed by atoms with Crippen LogP contribution in [-0.2, 0) is 10.0 Å². The molecule has 0 bridgehead atoms. The first kappa shape index (κ1) is 14.9. The van der Waals surface area contributed by atoms with E-state index >= 15 is 0 Å². The summed E-state index contributed by atoms with van der Waals surface area (Å²) in [7, 11) is -3.27. The summed E-state index contributed by atoms with van der Waals surface area (Å²) < 4.78 is 27.2. The average molecular weight is 292 g/mol. The number of nitrogens with one attached hydrogen (secondary N) is 1. The van der Waals surface area contributed by atoms with E-state index in [1.807, 2.05) is 0 Å². The van der Waals surface area contributed by atoms with E-state index in [-0.39, 0.29) is 5.25 Å². The highest BCUT2D eigenvalue weighted by Gasteiger charge is 2.26. The van der Waals surface area contributed by atoms with Crippen molar-refractivity contribution in [2.24, 2.45) is 5.73 Å². The third-order valence-electron chi connectivity index (χ3n) is 3.47. The van der Waals surface area contributed by atoms with Crippen LogP contribution in [0, 0.1) is 11.8 Å². The van der Waals surface area contributed by atoms with E-state index in [1.54, 1.807) is 24.3 Å². The van der Waals surface area contributed by atoms with Gasteiger partial charge in [-0.15, -0.1) is 0 Å². The molecule has 0 unspecified atom stereocenters. The summed E-state index contributed by atoms with van der Waals surface area (Å²) >= 11 is 0. The highest BCUT2D eigenvalue weighted by Crippen LogP contribution is 2.25. The van der Waals surface area contributed by atoms with Crippen LogP contribution in [0.4, 0.5) is 5.69 Å². The molecule has 1 aliphatic rings. The van der Waals surface area contributed by atoms with Gasteiger partial charge in [0.1, 0.15) is 0 Å². The molecule has 0 amide bonds. The highest BCUT2D eigenvalue weighted by molar-refractivity contribution is 7.93.